The Labute approximate surface area is 191 Å². The third kappa shape index (κ3) is 3.45. The molecule has 4 aromatic rings. The SMILES string of the molecule is COc1ccc2c(c1)-c1nn(CC3CCCO3)cc1Cc1c(-c3nnc(C(F)(F)F)o3)ncn1-2. The van der Waals surface area contributed by atoms with Crippen molar-refractivity contribution < 1.29 is 27.1 Å². The number of ether oxygens (including phenoxy) is 2. The molecule has 6 rings (SSSR count). The van der Waals surface area contributed by atoms with Crippen LogP contribution in [0.25, 0.3) is 28.5 Å². The van der Waals surface area contributed by atoms with Gasteiger partial charge in [0, 0.05) is 30.4 Å². The Balaban J connectivity index is 1.48. The van der Waals surface area contributed by atoms with Crippen molar-refractivity contribution in [2.24, 2.45) is 0 Å². The van der Waals surface area contributed by atoms with Crippen LogP contribution in [-0.4, -0.2) is 49.3 Å². The van der Waals surface area contributed by atoms with Gasteiger partial charge >= 0.3 is 12.1 Å². The van der Waals surface area contributed by atoms with Gasteiger partial charge in [0.1, 0.15) is 17.8 Å². The summed E-state index contributed by atoms with van der Waals surface area (Å²) in [4.78, 5) is 4.33. The second kappa shape index (κ2) is 7.69. The first-order chi connectivity index (χ1) is 16.4. The maximum absolute atomic E-state index is 13.0. The Morgan fingerprint density at radius 2 is 2.09 bits per heavy atom. The van der Waals surface area contributed by atoms with Crippen LogP contribution in [0.2, 0.25) is 0 Å². The Morgan fingerprint density at radius 3 is 2.82 bits per heavy atom. The maximum Gasteiger partial charge on any atom is 0.470 e. The van der Waals surface area contributed by atoms with E-state index in [1.807, 2.05) is 33.6 Å². The highest BCUT2D eigenvalue weighted by Crippen LogP contribution is 2.39. The molecule has 0 bridgehead atoms. The van der Waals surface area contributed by atoms with Crippen LogP contribution >= 0.6 is 0 Å². The van der Waals surface area contributed by atoms with Gasteiger partial charge < -0.3 is 18.5 Å². The summed E-state index contributed by atoms with van der Waals surface area (Å²) >= 11 is 0. The molecule has 176 valence electrons. The molecule has 12 heteroatoms. The number of rotatable bonds is 4. The molecule has 5 heterocycles. The van der Waals surface area contributed by atoms with Crippen LogP contribution < -0.4 is 4.74 Å². The van der Waals surface area contributed by atoms with Gasteiger partial charge in [-0.05, 0) is 31.0 Å². The fourth-order valence-corrected chi connectivity index (χ4v) is 4.49. The number of halogens is 3. The van der Waals surface area contributed by atoms with Crippen molar-refractivity contribution in [2.45, 2.75) is 38.1 Å². The number of nitrogens with zero attached hydrogens (tertiary/aromatic N) is 6. The van der Waals surface area contributed by atoms with Gasteiger partial charge in [-0.2, -0.15) is 18.3 Å². The van der Waals surface area contributed by atoms with Crippen LogP contribution in [0.5, 0.6) is 5.75 Å². The van der Waals surface area contributed by atoms with Crippen LogP contribution in [0.3, 0.4) is 0 Å². The van der Waals surface area contributed by atoms with Gasteiger partial charge in [-0.15, -0.1) is 10.2 Å². The van der Waals surface area contributed by atoms with Crippen LogP contribution in [0.4, 0.5) is 13.2 Å². The van der Waals surface area contributed by atoms with E-state index in [0.29, 0.717) is 24.4 Å². The van der Waals surface area contributed by atoms with Gasteiger partial charge in [0.15, 0.2) is 0 Å². The molecule has 9 nitrogen and oxygen atoms in total. The second-order valence-electron chi connectivity index (χ2n) is 8.24. The van der Waals surface area contributed by atoms with Gasteiger partial charge in [-0.3, -0.25) is 4.68 Å². The summed E-state index contributed by atoms with van der Waals surface area (Å²) < 4.78 is 58.9. The highest BCUT2D eigenvalue weighted by Gasteiger charge is 2.39. The van der Waals surface area contributed by atoms with E-state index in [1.165, 1.54) is 0 Å². The van der Waals surface area contributed by atoms with Gasteiger partial charge in [0.05, 0.1) is 36.8 Å². The van der Waals surface area contributed by atoms with Gasteiger partial charge in [-0.25, -0.2) is 4.98 Å². The summed E-state index contributed by atoms with van der Waals surface area (Å²) in [5.41, 5.74) is 4.08. The third-order valence-electron chi connectivity index (χ3n) is 6.06. The minimum atomic E-state index is -4.73. The van der Waals surface area contributed by atoms with E-state index in [2.05, 4.69) is 15.2 Å². The summed E-state index contributed by atoms with van der Waals surface area (Å²) in [5.74, 6) is -1.03. The van der Waals surface area contributed by atoms with Crippen LogP contribution in [0, 0.1) is 0 Å². The Hall–Kier alpha value is -3.67. The zero-order valence-corrected chi connectivity index (χ0v) is 18.0. The van der Waals surface area contributed by atoms with E-state index >= 15 is 0 Å². The molecule has 1 atom stereocenters. The molecule has 0 N–H and O–H groups in total. The molecule has 1 unspecified atom stereocenters. The van der Waals surface area contributed by atoms with Crippen molar-refractivity contribution in [3.05, 3.63) is 47.9 Å². The Kier molecular flexibility index (Phi) is 4.73. The number of imidazole rings is 1. The number of alkyl halides is 3. The molecule has 1 saturated heterocycles. The van der Waals surface area contributed by atoms with E-state index in [9.17, 15) is 13.2 Å². The molecule has 0 amide bonds. The van der Waals surface area contributed by atoms with Crippen LogP contribution in [0.1, 0.15) is 30.0 Å². The first kappa shape index (κ1) is 20.9. The van der Waals surface area contributed by atoms with E-state index in [4.69, 9.17) is 19.0 Å². The minimum Gasteiger partial charge on any atom is -0.497 e. The normalized spacial score (nSPS) is 17.2. The number of hydrogen-bond acceptors (Lipinski definition) is 7. The van der Waals surface area contributed by atoms with Gasteiger partial charge in [-0.1, -0.05) is 0 Å². The standard InChI is InChI=1S/C22H19F3N6O3/c1-32-13-4-5-16-15(8-13)18-12(9-30(29-18)10-14-3-2-6-33-14)7-17-19(26-11-31(16)17)20-27-28-21(34-20)22(23,24)25/h4-5,8-9,11,14H,2-3,6-7,10H2,1H3. The zero-order valence-electron chi connectivity index (χ0n) is 18.0. The molecule has 1 fully saturated rings. The third-order valence-corrected chi connectivity index (χ3v) is 6.06. The first-order valence-electron chi connectivity index (χ1n) is 10.7. The maximum atomic E-state index is 13.0. The number of benzene rings is 1. The lowest BCUT2D eigenvalue weighted by atomic mass is 10.0. The predicted octanol–water partition coefficient (Wildman–Crippen LogP) is 3.90. The Morgan fingerprint density at radius 1 is 1.21 bits per heavy atom. The summed E-state index contributed by atoms with van der Waals surface area (Å²) in [6, 6.07) is 5.57. The van der Waals surface area contributed by atoms with Crippen molar-refractivity contribution in [3.63, 3.8) is 0 Å². The van der Waals surface area contributed by atoms with Gasteiger partial charge in [0.25, 0.3) is 5.89 Å². The lowest BCUT2D eigenvalue weighted by molar-refractivity contribution is -0.156. The lowest BCUT2D eigenvalue weighted by Crippen LogP contribution is -2.15. The van der Waals surface area contributed by atoms with Crippen molar-refractivity contribution in [3.8, 4) is 34.3 Å². The van der Waals surface area contributed by atoms with Gasteiger partial charge in [0.2, 0.25) is 0 Å². The van der Waals surface area contributed by atoms with E-state index in [1.54, 1.807) is 13.4 Å². The minimum absolute atomic E-state index is 0.105. The second-order valence-corrected chi connectivity index (χ2v) is 8.24. The van der Waals surface area contributed by atoms with E-state index in [-0.39, 0.29) is 17.7 Å². The quantitative estimate of drug-likeness (QED) is 0.392. The average molecular weight is 472 g/mol. The fourth-order valence-electron chi connectivity index (χ4n) is 4.49. The zero-order chi connectivity index (χ0) is 23.4. The fraction of sp³-hybridized carbons (Fsp3) is 0.364. The van der Waals surface area contributed by atoms with Crippen molar-refractivity contribution in [1.82, 2.24) is 29.5 Å². The van der Waals surface area contributed by atoms with Crippen LogP contribution in [-0.2, 0) is 23.9 Å². The largest absolute Gasteiger partial charge is 0.497 e. The van der Waals surface area contributed by atoms with Crippen molar-refractivity contribution >= 4 is 0 Å². The average Bonchev–Trinajstić information content (AvgIpc) is 3.60. The summed E-state index contributed by atoms with van der Waals surface area (Å²) in [6.07, 6.45) is 1.22. The highest BCUT2D eigenvalue weighted by atomic mass is 19.4. The number of fused-ring (bicyclic) bond motifs is 5. The monoisotopic (exact) mass is 472 g/mol. The highest BCUT2D eigenvalue weighted by molar-refractivity contribution is 5.77. The summed E-state index contributed by atoms with van der Waals surface area (Å²) in [7, 11) is 1.59. The molecule has 2 aliphatic rings. The molecule has 0 spiro atoms. The Bertz CT molecular complexity index is 1370. The molecule has 2 aliphatic heterocycles. The molecular formula is C22H19F3N6O3. The van der Waals surface area contributed by atoms with E-state index in [0.717, 1.165) is 42.0 Å². The molecule has 3 aromatic heterocycles. The van der Waals surface area contributed by atoms with E-state index < -0.39 is 12.1 Å². The van der Waals surface area contributed by atoms with Crippen molar-refractivity contribution in [2.75, 3.05) is 13.7 Å². The number of hydrogen-bond donors (Lipinski definition) is 0. The van der Waals surface area contributed by atoms with Crippen molar-refractivity contribution in [1.29, 1.82) is 0 Å². The predicted molar refractivity (Wildman–Crippen MR) is 111 cm³/mol. The number of aromatic nitrogens is 6. The summed E-state index contributed by atoms with van der Waals surface area (Å²) in [5, 5.41) is 11.6. The molecule has 0 aliphatic carbocycles. The smallest absolute Gasteiger partial charge is 0.470 e. The lowest BCUT2D eigenvalue weighted by Gasteiger charge is -2.12. The molecule has 1 aromatic carbocycles. The first-order valence-corrected chi connectivity index (χ1v) is 10.7. The number of methoxy groups -OCH3 is 1. The molecular weight excluding hydrogens is 453 g/mol. The summed E-state index contributed by atoms with van der Waals surface area (Å²) in [6.45, 7) is 1.37. The topological polar surface area (TPSA) is 93.0 Å². The molecule has 0 saturated carbocycles. The molecule has 0 radical (unpaired) electrons. The molecule has 34 heavy (non-hydrogen) atoms. The van der Waals surface area contributed by atoms with Crippen LogP contribution in [0.15, 0.2) is 35.1 Å².